The number of ether oxygens (including phenoxy) is 7. The Balaban J connectivity index is 1.06. The number of rotatable bonds is 9. The summed E-state index contributed by atoms with van der Waals surface area (Å²) in [7, 11) is 0. The highest BCUT2D eigenvalue weighted by Crippen LogP contribution is 2.75. The van der Waals surface area contributed by atoms with Gasteiger partial charge >= 0.3 is 0 Å². The second-order valence-electron chi connectivity index (χ2n) is 23.7. The van der Waals surface area contributed by atoms with E-state index in [4.69, 9.17) is 33.2 Å². The van der Waals surface area contributed by atoms with Gasteiger partial charge in [-0.15, -0.1) is 0 Å². The lowest BCUT2D eigenvalue weighted by molar-refractivity contribution is -0.397. The molecule has 0 aromatic carbocycles. The van der Waals surface area contributed by atoms with Crippen molar-refractivity contribution in [3.8, 4) is 0 Å². The number of aliphatic hydroxyl groups is 9. The van der Waals surface area contributed by atoms with Crippen LogP contribution in [0.1, 0.15) is 127 Å². The molecular formula is C48H80O17. The van der Waals surface area contributed by atoms with Crippen molar-refractivity contribution in [2.45, 2.75) is 243 Å². The SMILES string of the molecule is C[C@@H]1O[C@@H](O[C@H]2[C@H](O[C@H]3CC[C@]4(C)[C@H]5CC(=O)[C@@H]6[C@@H]([C@]7(C)CC[C@H](C(C)(C)O)O7)CC[C@@]6(C)[C@]5(C)CC[C@H]4C3(C)C)O[C@H](CO)[C@@H](O)[C@@H]2O[C@@H]2O[C@@H](C)[C@H](O)[C@@H](O)[C@H]2O)[C@H](O)[C@H](O)[C@H]1O. The number of hydrogen-bond donors (Lipinski definition) is 9. The minimum absolute atomic E-state index is 0.0700. The molecule has 374 valence electrons. The quantitative estimate of drug-likeness (QED) is 0.148. The van der Waals surface area contributed by atoms with Crippen molar-refractivity contribution in [3.05, 3.63) is 0 Å². The van der Waals surface area contributed by atoms with Gasteiger partial charge in [-0.3, -0.25) is 4.79 Å². The van der Waals surface area contributed by atoms with Crippen LogP contribution in [-0.4, -0.2) is 174 Å². The van der Waals surface area contributed by atoms with Crippen LogP contribution in [0.25, 0.3) is 0 Å². The van der Waals surface area contributed by atoms with E-state index in [9.17, 15) is 50.8 Å². The van der Waals surface area contributed by atoms with Crippen LogP contribution in [0.15, 0.2) is 0 Å². The number of carbonyl (C=O) groups is 1. The van der Waals surface area contributed by atoms with Gasteiger partial charge in [-0.2, -0.15) is 0 Å². The zero-order valence-electron chi connectivity index (χ0n) is 40.0. The molecule has 8 fully saturated rings. The molecule has 8 rings (SSSR count). The van der Waals surface area contributed by atoms with E-state index in [1.807, 2.05) is 0 Å². The van der Waals surface area contributed by atoms with Crippen molar-refractivity contribution in [2.75, 3.05) is 6.61 Å². The lowest BCUT2D eigenvalue weighted by atomic mass is 9.35. The van der Waals surface area contributed by atoms with E-state index in [0.717, 1.165) is 44.9 Å². The molecule has 0 aromatic rings. The van der Waals surface area contributed by atoms with Crippen molar-refractivity contribution >= 4 is 5.78 Å². The number of carbonyl (C=O) groups excluding carboxylic acids is 1. The number of aliphatic hydroxyl groups excluding tert-OH is 8. The van der Waals surface area contributed by atoms with E-state index in [1.165, 1.54) is 13.8 Å². The Morgan fingerprint density at radius 3 is 1.75 bits per heavy atom. The average Bonchev–Trinajstić information content (AvgIpc) is 3.84. The van der Waals surface area contributed by atoms with E-state index in [2.05, 4.69) is 41.5 Å². The largest absolute Gasteiger partial charge is 0.394 e. The van der Waals surface area contributed by atoms with Crippen LogP contribution in [0.2, 0.25) is 0 Å². The lowest BCUT2D eigenvalue weighted by Gasteiger charge is -2.69. The van der Waals surface area contributed by atoms with Crippen LogP contribution in [0, 0.1) is 45.3 Å². The van der Waals surface area contributed by atoms with Gasteiger partial charge in [0.1, 0.15) is 66.8 Å². The van der Waals surface area contributed by atoms with Crippen LogP contribution in [-0.2, 0) is 38.0 Å². The van der Waals surface area contributed by atoms with Gasteiger partial charge < -0.3 is 79.1 Å². The first kappa shape index (κ1) is 50.4. The summed E-state index contributed by atoms with van der Waals surface area (Å²) in [5, 5.41) is 97.4. The summed E-state index contributed by atoms with van der Waals surface area (Å²) < 4.78 is 44.2. The van der Waals surface area contributed by atoms with Gasteiger partial charge in [0.15, 0.2) is 18.9 Å². The maximum atomic E-state index is 14.9. The molecular weight excluding hydrogens is 849 g/mol. The molecule has 0 spiro atoms. The number of ketones is 1. The van der Waals surface area contributed by atoms with E-state index in [0.29, 0.717) is 18.6 Å². The van der Waals surface area contributed by atoms with E-state index >= 15 is 0 Å². The molecule has 17 heteroatoms. The van der Waals surface area contributed by atoms with Gasteiger partial charge in [0.2, 0.25) is 0 Å². The monoisotopic (exact) mass is 929 g/mol. The van der Waals surface area contributed by atoms with Crippen LogP contribution in [0.3, 0.4) is 0 Å². The second kappa shape index (κ2) is 17.4. The van der Waals surface area contributed by atoms with Gasteiger partial charge in [-0.25, -0.2) is 0 Å². The smallest absolute Gasteiger partial charge is 0.187 e. The van der Waals surface area contributed by atoms with Crippen molar-refractivity contribution < 1.29 is 83.9 Å². The summed E-state index contributed by atoms with van der Waals surface area (Å²) in [6.07, 6.45) is -16.1. The van der Waals surface area contributed by atoms with Crippen LogP contribution < -0.4 is 0 Å². The number of hydrogen-bond acceptors (Lipinski definition) is 17. The van der Waals surface area contributed by atoms with Crippen LogP contribution in [0.4, 0.5) is 0 Å². The molecule has 0 aromatic heterocycles. The topological polar surface area (TPSA) is 264 Å². The summed E-state index contributed by atoms with van der Waals surface area (Å²) in [4.78, 5) is 14.9. The molecule has 0 radical (unpaired) electrons. The fourth-order valence-electron chi connectivity index (χ4n) is 15.1. The minimum Gasteiger partial charge on any atom is -0.394 e. The van der Waals surface area contributed by atoms with Gasteiger partial charge in [0, 0.05) is 12.3 Å². The zero-order chi connectivity index (χ0) is 47.7. The third kappa shape index (κ3) is 8.03. The Kier molecular flexibility index (Phi) is 13.5. The summed E-state index contributed by atoms with van der Waals surface area (Å²) in [5.74, 6) is 0.438. The third-order valence-electron chi connectivity index (χ3n) is 19.3. The first-order valence-electron chi connectivity index (χ1n) is 24.4. The zero-order valence-corrected chi connectivity index (χ0v) is 40.0. The van der Waals surface area contributed by atoms with Gasteiger partial charge in [-0.05, 0) is 125 Å². The predicted molar refractivity (Wildman–Crippen MR) is 229 cm³/mol. The summed E-state index contributed by atoms with van der Waals surface area (Å²) >= 11 is 0. The average molecular weight is 929 g/mol. The standard InChI is InChI=1S/C48H80O17/c1-21-31(51)34(54)36(56)40(59-21)63-38-33(53)25(20-49)61-42(39(38)64-41-37(57)35(55)32(52)22(2)60-41)62-28-13-15-45(7)26(43(28,3)4)12-17-46(8)27(45)19-24(50)30-23(11-16-47(30,46)9)48(10)18-14-29(65-48)44(5,6)58/h21-23,25-42,49,51-58H,11-20H2,1-10H3/t21-,22-,23-,25+,26-,27+,28-,29+,30-,31-,32-,33+,34+,35+,36+,37+,38-,39+,40-,41-,42-,45-,46+,47+,48-/m0/s1. The first-order chi connectivity index (χ1) is 30.1. The molecule has 9 N–H and O–H groups in total. The molecule has 8 aliphatic rings. The van der Waals surface area contributed by atoms with Gasteiger partial charge in [-0.1, -0.05) is 34.6 Å². The predicted octanol–water partition coefficient (Wildman–Crippen LogP) is 1.45. The normalized spacial score (nSPS) is 55.9. The number of fused-ring (bicyclic) bond motifs is 5. The van der Waals surface area contributed by atoms with Gasteiger partial charge in [0.25, 0.3) is 0 Å². The first-order valence-corrected chi connectivity index (χ1v) is 24.4. The van der Waals surface area contributed by atoms with Crippen LogP contribution in [0.5, 0.6) is 0 Å². The maximum Gasteiger partial charge on any atom is 0.187 e. The van der Waals surface area contributed by atoms with E-state index in [1.54, 1.807) is 13.8 Å². The molecule has 4 saturated heterocycles. The highest BCUT2D eigenvalue weighted by Gasteiger charge is 2.72. The molecule has 4 aliphatic heterocycles. The fourth-order valence-corrected chi connectivity index (χ4v) is 15.1. The molecule has 0 bridgehead atoms. The minimum atomic E-state index is -1.77. The molecule has 25 atom stereocenters. The molecule has 0 unspecified atom stereocenters. The van der Waals surface area contributed by atoms with Crippen molar-refractivity contribution in [1.82, 2.24) is 0 Å². The fraction of sp³-hybridized carbons (Fsp3) is 0.979. The number of Topliss-reactive ketones (excluding diaryl/α,β-unsaturated/α-hetero) is 1. The van der Waals surface area contributed by atoms with Crippen molar-refractivity contribution in [3.63, 3.8) is 0 Å². The molecule has 4 saturated carbocycles. The molecule has 17 nitrogen and oxygen atoms in total. The van der Waals surface area contributed by atoms with E-state index < -0.39 is 121 Å². The van der Waals surface area contributed by atoms with Gasteiger partial charge in [0.05, 0.1) is 42.2 Å². The third-order valence-corrected chi connectivity index (χ3v) is 19.3. The highest BCUT2D eigenvalue weighted by molar-refractivity contribution is 5.84. The van der Waals surface area contributed by atoms with E-state index in [-0.39, 0.29) is 46.0 Å². The highest BCUT2D eigenvalue weighted by atomic mass is 16.8. The second-order valence-corrected chi connectivity index (χ2v) is 23.7. The lowest BCUT2D eigenvalue weighted by Crippen LogP contribution is -2.68. The summed E-state index contributed by atoms with van der Waals surface area (Å²) in [6, 6.07) is 0. The molecule has 4 heterocycles. The molecule has 4 aliphatic carbocycles. The van der Waals surface area contributed by atoms with Crippen molar-refractivity contribution in [2.24, 2.45) is 45.3 Å². The van der Waals surface area contributed by atoms with Crippen LogP contribution >= 0.6 is 0 Å². The Morgan fingerprint density at radius 1 is 0.631 bits per heavy atom. The maximum absolute atomic E-state index is 14.9. The Hall–Kier alpha value is -0.970. The Labute approximate surface area is 383 Å². The molecule has 0 amide bonds. The van der Waals surface area contributed by atoms with Crippen molar-refractivity contribution in [1.29, 1.82) is 0 Å². The Morgan fingerprint density at radius 2 is 1.20 bits per heavy atom. The summed E-state index contributed by atoms with van der Waals surface area (Å²) in [6.45, 7) is 19.5. The summed E-state index contributed by atoms with van der Waals surface area (Å²) in [5.41, 5.74) is -2.62. The molecule has 65 heavy (non-hydrogen) atoms. The Bertz CT molecular complexity index is 1730.